The number of anilines is 1. The molecule has 0 bridgehead atoms. The van der Waals surface area contributed by atoms with E-state index in [1.807, 2.05) is 42.5 Å². The quantitative estimate of drug-likeness (QED) is 0.837. The maximum atomic E-state index is 9.49. The number of rotatable bonds is 3. The molecule has 0 aliphatic carbocycles. The Balaban J connectivity index is 1.79. The van der Waals surface area contributed by atoms with E-state index in [4.69, 9.17) is 9.47 Å². The highest BCUT2D eigenvalue weighted by Gasteiger charge is 2.20. The molecule has 2 aromatic rings. The number of benzene rings is 2. The van der Waals surface area contributed by atoms with Gasteiger partial charge >= 0.3 is 0 Å². The summed E-state index contributed by atoms with van der Waals surface area (Å²) in [5, 5.41) is 9.49. The Morgan fingerprint density at radius 1 is 0.962 bits per heavy atom. The van der Waals surface area contributed by atoms with Crippen molar-refractivity contribution < 1.29 is 9.47 Å². The van der Waals surface area contributed by atoms with Crippen LogP contribution in [0.2, 0.25) is 0 Å². The Hall–Kier alpha value is -3.45. The Morgan fingerprint density at radius 3 is 2.54 bits per heavy atom. The van der Waals surface area contributed by atoms with Gasteiger partial charge in [-0.2, -0.15) is 5.26 Å². The van der Waals surface area contributed by atoms with Crippen molar-refractivity contribution in [2.75, 3.05) is 24.7 Å². The van der Waals surface area contributed by atoms with Gasteiger partial charge in [-0.05, 0) is 35.4 Å². The molecule has 0 saturated heterocycles. The molecule has 0 amide bonds. The highest BCUT2D eigenvalue weighted by Crippen LogP contribution is 2.31. The summed E-state index contributed by atoms with van der Waals surface area (Å²) in [6.07, 6.45) is 5.80. The molecule has 2 aliphatic heterocycles. The lowest BCUT2D eigenvalue weighted by atomic mass is 9.95. The van der Waals surface area contributed by atoms with E-state index in [1.54, 1.807) is 6.26 Å². The minimum Gasteiger partial charge on any atom is -0.494 e. The molecule has 0 atom stereocenters. The Labute approximate surface area is 152 Å². The van der Waals surface area contributed by atoms with Gasteiger partial charge in [-0.1, -0.05) is 36.4 Å². The van der Waals surface area contributed by atoms with Crippen LogP contribution in [0.15, 0.2) is 84.5 Å². The largest absolute Gasteiger partial charge is 0.494 e. The van der Waals surface area contributed by atoms with E-state index in [0.717, 1.165) is 22.4 Å². The van der Waals surface area contributed by atoms with Crippen molar-refractivity contribution in [2.24, 2.45) is 0 Å². The van der Waals surface area contributed by atoms with Crippen LogP contribution in [0.25, 0.3) is 5.57 Å². The first-order valence-electron chi connectivity index (χ1n) is 8.54. The van der Waals surface area contributed by atoms with E-state index < -0.39 is 0 Å². The highest BCUT2D eigenvalue weighted by molar-refractivity contribution is 5.79. The van der Waals surface area contributed by atoms with Crippen LogP contribution in [0.4, 0.5) is 5.69 Å². The number of hydrogen-bond acceptors (Lipinski definition) is 4. The normalized spacial score (nSPS) is 16.4. The zero-order valence-electron chi connectivity index (χ0n) is 14.3. The van der Waals surface area contributed by atoms with E-state index in [1.165, 1.54) is 0 Å². The summed E-state index contributed by atoms with van der Waals surface area (Å²) in [6, 6.07) is 20.1. The van der Waals surface area contributed by atoms with Crippen molar-refractivity contribution in [3.8, 4) is 6.07 Å². The van der Waals surface area contributed by atoms with Crippen LogP contribution in [0.1, 0.15) is 11.1 Å². The lowest BCUT2D eigenvalue weighted by Crippen LogP contribution is -2.24. The average Bonchev–Trinajstić information content (AvgIpc) is 2.74. The number of nitrogens with zero attached hydrogens (tertiary/aromatic N) is 2. The maximum Gasteiger partial charge on any atom is 0.162 e. The van der Waals surface area contributed by atoms with E-state index >= 15 is 0 Å². The highest BCUT2D eigenvalue weighted by atomic mass is 16.6. The minimum absolute atomic E-state index is 0.534. The molecule has 4 rings (SSSR count). The number of allylic oxidation sites excluding steroid dienone is 1. The number of para-hydroxylation sites is 1. The van der Waals surface area contributed by atoms with Gasteiger partial charge in [0.2, 0.25) is 0 Å². The SMILES string of the molecule is N#Cc1ccccc1C1=CC(C2=COCCO2)=CN(c2ccccc2)C1. The number of nitriles is 1. The summed E-state index contributed by atoms with van der Waals surface area (Å²) in [5.41, 5.74) is 4.70. The Kier molecular flexibility index (Phi) is 4.44. The third kappa shape index (κ3) is 3.20. The molecule has 0 spiro atoms. The molecule has 2 heterocycles. The van der Waals surface area contributed by atoms with Crippen molar-refractivity contribution in [1.29, 1.82) is 5.26 Å². The molecular formula is C22H18N2O2. The average molecular weight is 342 g/mol. The zero-order valence-corrected chi connectivity index (χ0v) is 14.3. The lowest BCUT2D eigenvalue weighted by molar-refractivity contribution is 0.0901. The van der Waals surface area contributed by atoms with Gasteiger partial charge in [0.15, 0.2) is 5.76 Å². The topological polar surface area (TPSA) is 45.5 Å². The predicted molar refractivity (Wildman–Crippen MR) is 101 cm³/mol. The molecule has 0 N–H and O–H groups in total. The number of ether oxygens (including phenoxy) is 2. The van der Waals surface area contributed by atoms with E-state index in [0.29, 0.717) is 31.1 Å². The van der Waals surface area contributed by atoms with Gasteiger partial charge in [0.1, 0.15) is 19.5 Å². The molecule has 26 heavy (non-hydrogen) atoms. The fraction of sp³-hybridized carbons (Fsp3) is 0.136. The van der Waals surface area contributed by atoms with Crippen LogP contribution in [-0.4, -0.2) is 19.8 Å². The summed E-state index contributed by atoms with van der Waals surface area (Å²) in [5.74, 6) is 0.712. The fourth-order valence-electron chi connectivity index (χ4n) is 3.13. The second-order valence-corrected chi connectivity index (χ2v) is 6.08. The van der Waals surface area contributed by atoms with Gasteiger partial charge in [-0.3, -0.25) is 0 Å². The Bertz CT molecular complexity index is 936. The molecule has 0 saturated carbocycles. The van der Waals surface area contributed by atoms with Crippen LogP contribution >= 0.6 is 0 Å². The van der Waals surface area contributed by atoms with Crippen LogP contribution in [0, 0.1) is 11.3 Å². The van der Waals surface area contributed by atoms with E-state index in [-0.39, 0.29) is 0 Å². The molecule has 0 aromatic heterocycles. The van der Waals surface area contributed by atoms with Crippen molar-refractivity contribution >= 4 is 11.3 Å². The van der Waals surface area contributed by atoms with Gasteiger partial charge in [0.25, 0.3) is 0 Å². The summed E-state index contributed by atoms with van der Waals surface area (Å²) < 4.78 is 11.2. The van der Waals surface area contributed by atoms with Crippen molar-refractivity contribution in [1.82, 2.24) is 0 Å². The first-order chi connectivity index (χ1) is 12.8. The monoisotopic (exact) mass is 342 g/mol. The molecule has 4 heteroatoms. The summed E-state index contributed by atoms with van der Waals surface area (Å²) in [7, 11) is 0. The fourth-order valence-corrected chi connectivity index (χ4v) is 3.13. The van der Waals surface area contributed by atoms with E-state index in [2.05, 4.69) is 35.4 Å². The van der Waals surface area contributed by atoms with Gasteiger partial charge in [-0.15, -0.1) is 0 Å². The summed E-state index contributed by atoms with van der Waals surface area (Å²) in [6.45, 7) is 1.78. The van der Waals surface area contributed by atoms with Crippen molar-refractivity contribution in [2.45, 2.75) is 0 Å². The first kappa shape index (κ1) is 16.0. The molecule has 4 nitrogen and oxygen atoms in total. The lowest BCUT2D eigenvalue weighted by Gasteiger charge is -2.29. The predicted octanol–water partition coefficient (Wildman–Crippen LogP) is 4.23. The smallest absolute Gasteiger partial charge is 0.162 e. The zero-order chi connectivity index (χ0) is 17.8. The molecule has 0 unspecified atom stereocenters. The molecule has 2 aromatic carbocycles. The molecular weight excluding hydrogens is 324 g/mol. The van der Waals surface area contributed by atoms with Crippen LogP contribution in [-0.2, 0) is 9.47 Å². The standard InChI is InChI=1S/C22H18N2O2/c23-13-17-6-4-5-9-21(17)18-12-19(22-16-25-10-11-26-22)15-24(14-18)20-7-2-1-3-8-20/h1-9,12,15-16H,10-11,14H2. The second kappa shape index (κ2) is 7.20. The maximum absolute atomic E-state index is 9.49. The van der Waals surface area contributed by atoms with Crippen LogP contribution in [0.3, 0.4) is 0 Å². The van der Waals surface area contributed by atoms with Gasteiger partial charge in [0.05, 0.1) is 11.6 Å². The van der Waals surface area contributed by atoms with Gasteiger partial charge in [-0.25, -0.2) is 0 Å². The third-order valence-electron chi connectivity index (χ3n) is 4.38. The molecule has 0 fully saturated rings. The number of hydrogen-bond donors (Lipinski definition) is 0. The van der Waals surface area contributed by atoms with Gasteiger partial charge in [0, 0.05) is 24.0 Å². The van der Waals surface area contributed by atoms with Crippen LogP contribution in [0.5, 0.6) is 0 Å². The van der Waals surface area contributed by atoms with E-state index in [9.17, 15) is 5.26 Å². The molecule has 128 valence electrons. The third-order valence-corrected chi connectivity index (χ3v) is 4.38. The first-order valence-corrected chi connectivity index (χ1v) is 8.54. The van der Waals surface area contributed by atoms with Gasteiger partial charge < -0.3 is 14.4 Å². The second-order valence-electron chi connectivity index (χ2n) is 6.08. The minimum atomic E-state index is 0.534. The van der Waals surface area contributed by atoms with Crippen molar-refractivity contribution in [3.05, 3.63) is 95.6 Å². The molecule has 2 aliphatic rings. The summed E-state index contributed by atoms with van der Waals surface area (Å²) in [4.78, 5) is 2.16. The van der Waals surface area contributed by atoms with Crippen LogP contribution < -0.4 is 4.90 Å². The molecule has 0 radical (unpaired) electrons. The Morgan fingerprint density at radius 2 is 1.77 bits per heavy atom. The summed E-state index contributed by atoms with van der Waals surface area (Å²) >= 11 is 0. The van der Waals surface area contributed by atoms with Crippen molar-refractivity contribution in [3.63, 3.8) is 0 Å².